The van der Waals surface area contributed by atoms with Crippen molar-refractivity contribution in [2.75, 3.05) is 7.11 Å². The first kappa shape index (κ1) is 15.8. The fourth-order valence-corrected chi connectivity index (χ4v) is 2.48. The van der Waals surface area contributed by atoms with Gasteiger partial charge in [0, 0.05) is 12.3 Å². The highest BCUT2D eigenvalue weighted by Gasteiger charge is 2.05. The van der Waals surface area contributed by atoms with E-state index in [1.165, 1.54) is 0 Å². The molecule has 0 aliphatic carbocycles. The normalized spacial score (nSPS) is 11.5. The molecule has 0 spiro atoms. The number of aromatic nitrogens is 2. The SMILES string of the molecule is COc1ccc(/C(C)=C/C(=O)NCc2ncc3ccccn23)cc1. The van der Waals surface area contributed by atoms with Gasteiger partial charge in [-0.3, -0.25) is 4.79 Å². The maximum absolute atomic E-state index is 12.1. The summed E-state index contributed by atoms with van der Waals surface area (Å²) >= 11 is 0. The number of imidazole rings is 1. The summed E-state index contributed by atoms with van der Waals surface area (Å²) in [5, 5.41) is 2.88. The number of ether oxygens (including phenoxy) is 1. The number of benzene rings is 1. The van der Waals surface area contributed by atoms with Gasteiger partial charge in [-0.05, 0) is 42.3 Å². The molecule has 0 bridgehead atoms. The maximum Gasteiger partial charge on any atom is 0.244 e. The van der Waals surface area contributed by atoms with Crippen molar-refractivity contribution in [1.82, 2.24) is 14.7 Å². The zero-order valence-electron chi connectivity index (χ0n) is 13.7. The molecular weight excluding hydrogens is 302 g/mol. The van der Waals surface area contributed by atoms with Crippen molar-refractivity contribution in [3.63, 3.8) is 0 Å². The number of amides is 1. The molecule has 0 atom stereocenters. The van der Waals surface area contributed by atoms with Crippen molar-refractivity contribution in [1.29, 1.82) is 0 Å². The summed E-state index contributed by atoms with van der Waals surface area (Å²) in [6, 6.07) is 13.5. The molecule has 0 radical (unpaired) electrons. The molecule has 0 aliphatic rings. The molecule has 1 amide bonds. The van der Waals surface area contributed by atoms with E-state index in [9.17, 15) is 4.79 Å². The van der Waals surface area contributed by atoms with Gasteiger partial charge in [0.15, 0.2) is 0 Å². The van der Waals surface area contributed by atoms with E-state index >= 15 is 0 Å². The molecule has 1 N–H and O–H groups in total. The number of hydrogen-bond acceptors (Lipinski definition) is 3. The highest BCUT2D eigenvalue weighted by atomic mass is 16.5. The Balaban J connectivity index is 1.66. The minimum atomic E-state index is -0.143. The number of carbonyl (C=O) groups excluding carboxylic acids is 1. The van der Waals surface area contributed by atoms with Crippen LogP contribution < -0.4 is 10.1 Å². The number of rotatable bonds is 5. The van der Waals surface area contributed by atoms with Gasteiger partial charge >= 0.3 is 0 Å². The number of hydrogen-bond donors (Lipinski definition) is 1. The standard InChI is InChI=1S/C19H19N3O2/c1-14(15-6-8-17(24-2)9-7-15)11-19(23)21-13-18-20-12-16-5-3-4-10-22(16)18/h3-12H,13H2,1-2H3,(H,21,23)/b14-11+. The number of nitrogens with zero attached hydrogens (tertiary/aromatic N) is 2. The summed E-state index contributed by atoms with van der Waals surface area (Å²) in [5.41, 5.74) is 2.88. The van der Waals surface area contributed by atoms with Gasteiger partial charge in [0.05, 0.1) is 25.4 Å². The molecular formula is C19H19N3O2. The second kappa shape index (κ2) is 7.00. The highest BCUT2D eigenvalue weighted by molar-refractivity contribution is 5.94. The van der Waals surface area contributed by atoms with Crippen LogP contribution in [0.2, 0.25) is 0 Å². The molecule has 0 saturated carbocycles. The number of fused-ring (bicyclic) bond motifs is 1. The molecule has 0 fully saturated rings. The van der Waals surface area contributed by atoms with Crippen LogP contribution in [0.25, 0.3) is 11.1 Å². The molecule has 5 heteroatoms. The number of carbonyl (C=O) groups is 1. The van der Waals surface area contributed by atoms with Gasteiger partial charge < -0.3 is 14.5 Å². The zero-order chi connectivity index (χ0) is 16.9. The molecule has 1 aromatic carbocycles. The van der Waals surface area contributed by atoms with Crippen LogP contribution >= 0.6 is 0 Å². The van der Waals surface area contributed by atoms with Crippen LogP contribution in [0.1, 0.15) is 18.3 Å². The topological polar surface area (TPSA) is 55.6 Å². The van der Waals surface area contributed by atoms with Crippen LogP contribution in [0.5, 0.6) is 5.75 Å². The smallest absolute Gasteiger partial charge is 0.244 e. The largest absolute Gasteiger partial charge is 0.497 e. The lowest BCUT2D eigenvalue weighted by atomic mass is 10.1. The fraction of sp³-hybridized carbons (Fsp3) is 0.158. The van der Waals surface area contributed by atoms with Crippen LogP contribution in [-0.4, -0.2) is 22.4 Å². The highest BCUT2D eigenvalue weighted by Crippen LogP contribution is 2.17. The average Bonchev–Trinajstić information content (AvgIpc) is 3.03. The average molecular weight is 321 g/mol. The predicted octanol–water partition coefficient (Wildman–Crippen LogP) is 3.06. The molecule has 0 saturated heterocycles. The Kier molecular flexibility index (Phi) is 4.61. The Labute approximate surface area is 140 Å². The Morgan fingerprint density at radius 1 is 1.25 bits per heavy atom. The van der Waals surface area contributed by atoms with E-state index in [1.54, 1.807) is 19.4 Å². The van der Waals surface area contributed by atoms with Crippen LogP contribution in [0.15, 0.2) is 60.9 Å². The number of nitrogens with one attached hydrogen (secondary N) is 1. The summed E-state index contributed by atoms with van der Waals surface area (Å²) in [6.45, 7) is 2.29. The summed E-state index contributed by atoms with van der Waals surface area (Å²) in [4.78, 5) is 16.5. The quantitative estimate of drug-likeness (QED) is 0.735. The minimum Gasteiger partial charge on any atom is -0.497 e. The molecule has 0 aliphatic heterocycles. The van der Waals surface area contributed by atoms with Gasteiger partial charge in [0.25, 0.3) is 0 Å². The molecule has 3 aromatic rings. The first-order valence-corrected chi connectivity index (χ1v) is 7.69. The second-order valence-corrected chi connectivity index (χ2v) is 5.44. The van der Waals surface area contributed by atoms with Crippen molar-refractivity contribution in [3.05, 3.63) is 72.3 Å². The van der Waals surface area contributed by atoms with E-state index in [4.69, 9.17) is 4.74 Å². The van der Waals surface area contributed by atoms with Crippen LogP contribution in [-0.2, 0) is 11.3 Å². The van der Waals surface area contributed by atoms with E-state index in [0.29, 0.717) is 6.54 Å². The first-order chi connectivity index (χ1) is 11.7. The van der Waals surface area contributed by atoms with Gasteiger partial charge in [-0.2, -0.15) is 0 Å². The Bertz CT molecular complexity index is 879. The maximum atomic E-state index is 12.1. The van der Waals surface area contributed by atoms with E-state index in [1.807, 2.05) is 60.0 Å². The molecule has 3 rings (SSSR count). The third-order valence-corrected chi connectivity index (χ3v) is 3.83. The lowest BCUT2D eigenvalue weighted by molar-refractivity contribution is -0.116. The van der Waals surface area contributed by atoms with Crippen molar-refractivity contribution >= 4 is 17.0 Å². The van der Waals surface area contributed by atoms with Crippen molar-refractivity contribution < 1.29 is 9.53 Å². The lowest BCUT2D eigenvalue weighted by Gasteiger charge is -2.05. The lowest BCUT2D eigenvalue weighted by Crippen LogP contribution is -2.22. The Morgan fingerprint density at radius 2 is 2.04 bits per heavy atom. The Morgan fingerprint density at radius 3 is 2.79 bits per heavy atom. The van der Waals surface area contributed by atoms with Gasteiger partial charge in [0.1, 0.15) is 11.6 Å². The molecule has 24 heavy (non-hydrogen) atoms. The van der Waals surface area contributed by atoms with Crippen LogP contribution in [0, 0.1) is 0 Å². The van der Waals surface area contributed by atoms with E-state index < -0.39 is 0 Å². The molecule has 2 heterocycles. The third-order valence-electron chi connectivity index (χ3n) is 3.83. The summed E-state index contributed by atoms with van der Waals surface area (Å²) in [5.74, 6) is 1.45. The van der Waals surface area contributed by atoms with Gasteiger partial charge in [-0.1, -0.05) is 18.2 Å². The van der Waals surface area contributed by atoms with Crippen LogP contribution in [0.4, 0.5) is 0 Å². The summed E-state index contributed by atoms with van der Waals surface area (Å²) in [6.07, 6.45) is 5.32. The Hall–Kier alpha value is -3.08. The molecule has 122 valence electrons. The fourth-order valence-electron chi connectivity index (χ4n) is 2.48. The number of pyridine rings is 1. The molecule has 0 unspecified atom stereocenters. The van der Waals surface area contributed by atoms with E-state index in [-0.39, 0.29) is 5.91 Å². The van der Waals surface area contributed by atoms with Crippen molar-refractivity contribution in [2.24, 2.45) is 0 Å². The van der Waals surface area contributed by atoms with E-state index in [0.717, 1.165) is 28.2 Å². The summed E-state index contributed by atoms with van der Waals surface area (Å²) in [7, 11) is 1.63. The number of methoxy groups -OCH3 is 1. The monoisotopic (exact) mass is 321 g/mol. The summed E-state index contributed by atoms with van der Waals surface area (Å²) < 4.78 is 7.10. The first-order valence-electron chi connectivity index (χ1n) is 7.69. The van der Waals surface area contributed by atoms with Gasteiger partial charge in [0.2, 0.25) is 5.91 Å². The van der Waals surface area contributed by atoms with Gasteiger partial charge in [-0.15, -0.1) is 0 Å². The minimum absolute atomic E-state index is 0.143. The molecule has 5 nitrogen and oxygen atoms in total. The third kappa shape index (κ3) is 3.46. The van der Waals surface area contributed by atoms with Gasteiger partial charge in [-0.25, -0.2) is 4.98 Å². The van der Waals surface area contributed by atoms with Crippen molar-refractivity contribution in [2.45, 2.75) is 13.5 Å². The number of allylic oxidation sites excluding steroid dienone is 1. The van der Waals surface area contributed by atoms with E-state index in [2.05, 4.69) is 10.3 Å². The second-order valence-electron chi connectivity index (χ2n) is 5.44. The predicted molar refractivity (Wildman–Crippen MR) is 93.7 cm³/mol. The zero-order valence-corrected chi connectivity index (χ0v) is 13.7. The van der Waals surface area contributed by atoms with Crippen molar-refractivity contribution in [3.8, 4) is 5.75 Å². The van der Waals surface area contributed by atoms with Crippen LogP contribution in [0.3, 0.4) is 0 Å². The molecule has 2 aromatic heterocycles.